The van der Waals surface area contributed by atoms with Crippen LogP contribution in [0.4, 0.5) is 5.69 Å². The Morgan fingerprint density at radius 3 is 2.41 bits per heavy atom. The Balaban J connectivity index is 3.13. The number of nitrogens with one attached hydrogen (secondary N) is 1. The minimum absolute atomic E-state index is 0.0269. The molecule has 1 aromatic rings. The van der Waals surface area contributed by atoms with E-state index in [1.807, 2.05) is 20.8 Å². The molecular weight excluding hydrogens is 258 g/mol. The van der Waals surface area contributed by atoms with Crippen LogP contribution in [0.15, 0.2) is 18.2 Å². The first-order valence-electron chi connectivity index (χ1n) is 5.16. The summed E-state index contributed by atoms with van der Waals surface area (Å²) in [7, 11) is -1.22. The monoisotopic (exact) mass is 273 g/mol. The molecule has 1 atom stereocenters. The van der Waals surface area contributed by atoms with Crippen molar-refractivity contribution in [1.29, 1.82) is 0 Å². The summed E-state index contributed by atoms with van der Waals surface area (Å²) in [5.74, 6) is 0.0269. The zero-order chi connectivity index (χ0) is 13.2. The van der Waals surface area contributed by atoms with Crippen LogP contribution in [-0.2, 0) is 11.0 Å². The molecule has 1 rings (SSSR count). The summed E-state index contributed by atoms with van der Waals surface area (Å²) in [6.45, 7) is 5.57. The molecule has 1 aromatic carbocycles. The number of anilines is 1. The highest BCUT2D eigenvalue weighted by Crippen LogP contribution is 2.27. The third-order valence-electron chi connectivity index (χ3n) is 2.16. The first kappa shape index (κ1) is 14.2. The number of rotatable bonds is 3. The molecule has 0 spiro atoms. The van der Waals surface area contributed by atoms with Crippen molar-refractivity contribution in [2.45, 2.75) is 20.8 Å². The molecule has 0 aromatic heterocycles. The van der Waals surface area contributed by atoms with Crippen LogP contribution in [0.1, 0.15) is 31.1 Å². The average Bonchev–Trinajstić information content (AvgIpc) is 2.18. The highest BCUT2D eigenvalue weighted by Gasteiger charge is 2.23. The Morgan fingerprint density at radius 1 is 1.35 bits per heavy atom. The van der Waals surface area contributed by atoms with E-state index in [1.165, 1.54) is 6.26 Å². The van der Waals surface area contributed by atoms with E-state index < -0.39 is 16.4 Å². The molecule has 0 saturated heterocycles. The van der Waals surface area contributed by atoms with Gasteiger partial charge in [0.1, 0.15) is 11.0 Å². The molecular formula is C12H16ClNO2S. The molecule has 0 aliphatic rings. The molecule has 0 fully saturated rings. The van der Waals surface area contributed by atoms with Gasteiger partial charge in [0, 0.05) is 17.2 Å². The van der Waals surface area contributed by atoms with Gasteiger partial charge in [-0.1, -0.05) is 32.4 Å². The second kappa shape index (κ2) is 5.19. The van der Waals surface area contributed by atoms with E-state index in [-0.39, 0.29) is 5.78 Å². The number of halogens is 1. The lowest BCUT2D eigenvalue weighted by molar-refractivity contribution is 0.0858. The van der Waals surface area contributed by atoms with Crippen LogP contribution in [0.25, 0.3) is 0 Å². The minimum atomic E-state index is -1.22. The maximum atomic E-state index is 12.1. The van der Waals surface area contributed by atoms with Gasteiger partial charge in [0.25, 0.3) is 0 Å². The zero-order valence-corrected chi connectivity index (χ0v) is 11.9. The van der Waals surface area contributed by atoms with Gasteiger partial charge in [-0.3, -0.25) is 4.79 Å². The Labute approximate surface area is 109 Å². The van der Waals surface area contributed by atoms with E-state index in [0.717, 1.165) is 0 Å². The lowest BCUT2D eigenvalue weighted by Gasteiger charge is -2.17. The number of ketones is 1. The van der Waals surface area contributed by atoms with Crippen LogP contribution in [0.2, 0.25) is 5.02 Å². The predicted molar refractivity (Wildman–Crippen MR) is 72.9 cm³/mol. The summed E-state index contributed by atoms with van der Waals surface area (Å²) in [6.07, 6.45) is 1.51. The summed E-state index contributed by atoms with van der Waals surface area (Å²) in [5.41, 5.74) is 0.633. The summed E-state index contributed by atoms with van der Waals surface area (Å²) < 4.78 is 13.8. The fourth-order valence-electron chi connectivity index (χ4n) is 1.33. The van der Waals surface area contributed by atoms with Crippen LogP contribution in [-0.4, -0.2) is 16.2 Å². The van der Waals surface area contributed by atoms with Crippen LogP contribution in [0, 0.1) is 5.41 Å². The Hall–Kier alpha value is -0.870. The first-order chi connectivity index (χ1) is 7.71. The average molecular weight is 274 g/mol. The molecule has 0 aliphatic carbocycles. The first-order valence-corrected chi connectivity index (χ1v) is 7.10. The third kappa shape index (κ3) is 3.82. The van der Waals surface area contributed by atoms with Gasteiger partial charge in [-0.25, -0.2) is 4.21 Å². The molecule has 5 heteroatoms. The maximum Gasteiger partial charge on any atom is 0.168 e. The van der Waals surface area contributed by atoms with Crippen molar-refractivity contribution in [3.8, 4) is 0 Å². The second-order valence-electron chi connectivity index (χ2n) is 4.83. The number of hydrogen-bond acceptors (Lipinski definition) is 2. The molecule has 3 nitrogen and oxygen atoms in total. The van der Waals surface area contributed by atoms with Crippen LogP contribution in [0.5, 0.6) is 0 Å². The van der Waals surface area contributed by atoms with Crippen molar-refractivity contribution in [1.82, 2.24) is 0 Å². The SMILES string of the molecule is CS(=O)Nc1cc(C(=O)C(C)(C)C)ccc1Cl. The Kier molecular flexibility index (Phi) is 4.33. The minimum Gasteiger partial charge on any atom is -0.304 e. The van der Waals surface area contributed by atoms with Gasteiger partial charge < -0.3 is 4.72 Å². The van der Waals surface area contributed by atoms with E-state index in [9.17, 15) is 9.00 Å². The van der Waals surface area contributed by atoms with Gasteiger partial charge in [-0.05, 0) is 18.2 Å². The molecule has 0 heterocycles. The van der Waals surface area contributed by atoms with E-state index in [1.54, 1.807) is 18.2 Å². The van der Waals surface area contributed by atoms with Gasteiger partial charge >= 0.3 is 0 Å². The highest BCUT2D eigenvalue weighted by atomic mass is 35.5. The van der Waals surface area contributed by atoms with E-state index in [2.05, 4.69) is 4.72 Å². The summed E-state index contributed by atoms with van der Waals surface area (Å²) in [5, 5.41) is 0.450. The van der Waals surface area contributed by atoms with Crippen molar-refractivity contribution in [3.05, 3.63) is 28.8 Å². The summed E-state index contributed by atoms with van der Waals surface area (Å²) in [6, 6.07) is 4.95. The second-order valence-corrected chi connectivity index (χ2v) is 6.35. The molecule has 0 amide bonds. The van der Waals surface area contributed by atoms with E-state index in [4.69, 9.17) is 11.6 Å². The third-order valence-corrected chi connectivity index (χ3v) is 3.00. The van der Waals surface area contributed by atoms with Gasteiger partial charge in [0.15, 0.2) is 5.78 Å². The van der Waals surface area contributed by atoms with Crippen molar-refractivity contribution >= 4 is 34.1 Å². The topological polar surface area (TPSA) is 46.2 Å². The molecule has 94 valence electrons. The fraction of sp³-hybridized carbons (Fsp3) is 0.417. The largest absolute Gasteiger partial charge is 0.304 e. The van der Waals surface area contributed by atoms with Gasteiger partial charge in [0.05, 0.1) is 10.7 Å². The lowest BCUT2D eigenvalue weighted by Crippen LogP contribution is -2.20. The van der Waals surface area contributed by atoms with Crippen molar-refractivity contribution in [3.63, 3.8) is 0 Å². The van der Waals surface area contributed by atoms with Crippen LogP contribution < -0.4 is 4.72 Å². The van der Waals surface area contributed by atoms with Gasteiger partial charge in [-0.2, -0.15) is 0 Å². The molecule has 0 bridgehead atoms. The van der Waals surface area contributed by atoms with Gasteiger partial charge in [0.2, 0.25) is 0 Å². The molecule has 1 N–H and O–H groups in total. The summed E-state index contributed by atoms with van der Waals surface area (Å²) >= 11 is 5.95. The smallest absolute Gasteiger partial charge is 0.168 e. The molecule has 0 saturated carbocycles. The lowest BCUT2D eigenvalue weighted by atomic mass is 9.86. The van der Waals surface area contributed by atoms with Crippen molar-refractivity contribution in [2.24, 2.45) is 5.41 Å². The molecule has 0 aliphatic heterocycles. The zero-order valence-electron chi connectivity index (χ0n) is 10.3. The number of carbonyl (C=O) groups excluding carboxylic acids is 1. The number of Topliss-reactive ketones (excluding diaryl/α,β-unsaturated/α-hetero) is 1. The molecule has 1 unspecified atom stereocenters. The highest BCUT2D eigenvalue weighted by molar-refractivity contribution is 7.85. The number of carbonyl (C=O) groups is 1. The Bertz CT molecular complexity index is 466. The Morgan fingerprint density at radius 2 is 1.94 bits per heavy atom. The molecule has 17 heavy (non-hydrogen) atoms. The standard InChI is InChI=1S/C12H16ClNO2S/c1-12(2,3)11(15)8-5-6-9(13)10(7-8)14-17(4)16/h5-7,14H,1-4H3. The van der Waals surface area contributed by atoms with E-state index in [0.29, 0.717) is 16.3 Å². The summed E-state index contributed by atoms with van der Waals surface area (Å²) in [4.78, 5) is 12.1. The van der Waals surface area contributed by atoms with Gasteiger partial charge in [-0.15, -0.1) is 0 Å². The fourth-order valence-corrected chi connectivity index (χ4v) is 2.03. The number of benzene rings is 1. The van der Waals surface area contributed by atoms with E-state index >= 15 is 0 Å². The normalized spacial score (nSPS) is 13.2. The van der Waals surface area contributed by atoms with Crippen LogP contribution >= 0.6 is 11.6 Å². The quantitative estimate of drug-likeness (QED) is 0.859. The number of hydrogen-bond donors (Lipinski definition) is 1. The predicted octanol–water partition coefficient (Wildman–Crippen LogP) is 3.27. The van der Waals surface area contributed by atoms with Crippen molar-refractivity contribution < 1.29 is 9.00 Å². The molecule has 0 radical (unpaired) electrons. The maximum absolute atomic E-state index is 12.1. The van der Waals surface area contributed by atoms with Crippen LogP contribution in [0.3, 0.4) is 0 Å². The van der Waals surface area contributed by atoms with Crippen molar-refractivity contribution in [2.75, 3.05) is 11.0 Å².